The Morgan fingerprint density at radius 3 is 3.08 bits per heavy atom. The predicted molar refractivity (Wildman–Crippen MR) is 54.8 cm³/mol. The lowest BCUT2D eigenvalue weighted by Crippen LogP contribution is -2.48. The van der Waals surface area contributed by atoms with Gasteiger partial charge in [0.15, 0.2) is 0 Å². The van der Waals surface area contributed by atoms with Crippen molar-refractivity contribution in [2.45, 2.75) is 32.5 Å². The minimum Gasteiger partial charge on any atom is -0.356 e. The van der Waals surface area contributed by atoms with E-state index in [2.05, 4.69) is 36.0 Å². The van der Waals surface area contributed by atoms with E-state index in [1.54, 1.807) is 0 Å². The molecule has 1 N–H and O–H groups in total. The summed E-state index contributed by atoms with van der Waals surface area (Å²) in [5, 5.41) is 3.84. The van der Waals surface area contributed by atoms with Gasteiger partial charge in [-0.15, -0.1) is 0 Å². The average molecular weight is 200 g/mol. The van der Waals surface area contributed by atoms with Crippen LogP contribution in [0.25, 0.3) is 0 Å². The fourth-order valence-corrected chi connectivity index (χ4v) is 2.05. The molecule has 0 aromatic rings. The molecule has 0 radical (unpaired) electrons. The van der Waals surface area contributed by atoms with E-state index >= 15 is 0 Å². The van der Waals surface area contributed by atoms with Crippen molar-refractivity contribution in [1.29, 1.82) is 0 Å². The third-order valence-corrected chi connectivity index (χ3v) is 2.56. The van der Waals surface area contributed by atoms with Crippen LogP contribution in [0.2, 0.25) is 0 Å². The SMILES string of the molecule is CC1NC(Cl)=CC2=NC(C)(C)CN21. The standard InChI is InChI=1S/C9H14ClN3/c1-6-11-7(10)4-8-12-9(2,3)5-13(6)8/h4,6,11H,5H2,1-3H3. The average Bonchev–Trinajstić information content (AvgIpc) is 2.23. The van der Waals surface area contributed by atoms with E-state index in [0.717, 1.165) is 12.4 Å². The Morgan fingerprint density at radius 2 is 2.38 bits per heavy atom. The predicted octanol–water partition coefficient (Wildman–Crippen LogP) is 1.51. The summed E-state index contributed by atoms with van der Waals surface area (Å²) in [6, 6.07) is 0. The highest BCUT2D eigenvalue weighted by Gasteiger charge is 2.34. The molecule has 2 heterocycles. The fourth-order valence-electron chi connectivity index (χ4n) is 1.79. The van der Waals surface area contributed by atoms with Crippen LogP contribution >= 0.6 is 11.6 Å². The smallest absolute Gasteiger partial charge is 0.128 e. The first kappa shape index (κ1) is 8.88. The van der Waals surface area contributed by atoms with Crippen molar-refractivity contribution in [3.05, 3.63) is 11.2 Å². The second kappa shape index (κ2) is 2.64. The molecule has 3 nitrogen and oxygen atoms in total. The Hall–Kier alpha value is -0.700. The fraction of sp³-hybridized carbons (Fsp3) is 0.667. The molecule has 0 amide bonds. The number of amidine groups is 1. The molecule has 0 aromatic carbocycles. The van der Waals surface area contributed by atoms with Gasteiger partial charge in [0.2, 0.25) is 0 Å². The van der Waals surface area contributed by atoms with Gasteiger partial charge in [0.25, 0.3) is 0 Å². The highest BCUT2D eigenvalue weighted by molar-refractivity contribution is 6.31. The summed E-state index contributed by atoms with van der Waals surface area (Å²) in [7, 11) is 0. The Bertz CT molecular complexity index is 293. The summed E-state index contributed by atoms with van der Waals surface area (Å²) in [5.41, 5.74) is 0.0171. The van der Waals surface area contributed by atoms with Crippen molar-refractivity contribution in [3.63, 3.8) is 0 Å². The number of halogens is 1. The first-order valence-electron chi connectivity index (χ1n) is 4.48. The maximum absolute atomic E-state index is 5.91. The number of aliphatic imine (C=N–C) groups is 1. The van der Waals surface area contributed by atoms with Gasteiger partial charge < -0.3 is 10.2 Å². The van der Waals surface area contributed by atoms with Crippen LogP contribution in [0.5, 0.6) is 0 Å². The zero-order valence-corrected chi connectivity index (χ0v) is 8.89. The number of hydrogen-bond donors (Lipinski definition) is 1. The van der Waals surface area contributed by atoms with Crippen molar-refractivity contribution in [1.82, 2.24) is 10.2 Å². The lowest BCUT2D eigenvalue weighted by Gasteiger charge is -2.32. The van der Waals surface area contributed by atoms with Crippen LogP contribution in [0.1, 0.15) is 20.8 Å². The minimum absolute atomic E-state index is 0.0171. The molecule has 0 fully saturated rings. The van der Waals surface area contributed by atoms with Gasteiger partial charge in [-0.2, -0.15) is 0 Å². The molecule has 2 aliphatic heterocycles. The van der Waals surface area contributed by atoms with Gasteiger partial charge in [0.05, 0.1) is 11.7 Å². The highest BCUT2D eigenvalue weighted by atomic mass is 35.5. The summed E-state index contributed by atoms with van der Waals surface area (Å²) in [4.78, 5) is 6.81. The Kier molecular flexibility index (Phi) is 1.80. The number of nitrogens with zero attached hydrogens (tertiary/aromatic N) is 2. The van der Waals surface area contributed by atoms with Gasteiger partial charge in [0.1, 0.15) is 11.0 Å². The zero-order valence-electron chi connectivity index (χ0n) is 8.13. The highest BCUT2D eigenvalue weighted by Crippen LogP contribution is 2.25. The lowest BCUT2D eigenvalue weighted by molar-refractivity contribution is 0.281. The van der Waals surface area contributed by atoms with E-state index in [9.17, 15) is 0 Å². The van der Waals surface area contributed by atoms with E-state index in [4.69, 9.17) is 11.6 Å². The van der Waals surface area contributed by atoms with E-state index < -0.39 is 0 Å². The minimum atomic E-state index is 0.0171. The molecule has 0 saturated carbocycles. The quantitative estimate of drug-likeness (QED) is 0.599. The molecule has 4 heteroatoms. The van der Waals surface area contributed by atoms with Crippen molar-refractivity contribution in [2.24, 2.45) is 4.99 Å². The summed E-state index contributed by atoms with van der Waals surface area (Å²) >= 11 is 5.91. The first-order chi connectivity index (χ1) is 5.98. The van der Waals surface area contributed by atoms with E-state index in [0.29, 0.717) is 5.16 Å². The van der Waals surface area contributed by atoms with E-state index in [1.165, 1.54) is 0 Å². The number of nitrogens with one attached hydrogen (secondary N) is 1. The second-order valence-corrected chi connectivity index (χ2v) is 4.63. The monoisotopic (exact) mass is 199 g/mol. The summed E-state index contributed by atoms with van der Waals surface area (Å²) < 4.78 is 0. The maximum Gasteiger partial charge on any atom is 0.128 e. The first-order valence-corrected chi connectivity index (χ1v) is 4.86. The normalized spacial score (nSPS) is 30.5. The molecule has 2 rings (SSSR count). The van der Waals surface area contributed by atoms with Crippen LogP contribution in [0, 0.1) is 0 Å². The van der Waals surface area contributed by atoms with Gasteiger partial charge in [-0.1, -0.05) is 11.6 Å². The zero-order chi connectivity index (χ0) is 9.64. The number of fused-ring (bicyclic) bond motifs is 1. The van der Waals surface area contributed by atoms with Crippen molar-refractivity contribution >= 4 is 17.4 Å². The van der Waals surface area contributed by atoms with Gasteiger partial charge in [-0.05, 0) is 20.8 Å². The molecule has 0 aliphatic carbocycles. The van der Waals surface area contributed by atoms with Crippen LogP contribution in [-0.2, 0) is 0 Å². The number of hydrogen-bond acceptors (Lipinski definition) is 3. The molecule has 0 spiro atoms. The lowest BCUT2D eigenvalue weighted by atomic mass is 10.1. The van der Waals surface area contributed by atoms with Crippen LogP contribution in [0.15, 0.2) is 16.2 Å². The summed E-state index contributed by atoms with van der Waals surface area (Å²) in [6.07, 6.45) is 2.13. The van der Waals surface area contributed by atoms with Gasteiger partial charge >= 0.3 is 0 Å². The molecular formula is C9H14ClN3. The molecule has 0 aromatic heterocycles. The molecule has 13 heavy (non-hydrogen) atoms. The molecular weight excluding hydrogens is 186 g/mol. The Morgan fingerprint density at radius 1 is 1.69 bits per heavy atom. The number of rotatable bonds is 0. The molecule has 0 saturated heterocycles. The van der Waals surface area contributed by atoms with Crippen LogP contribution < -0.4 is 5.32 Å². The summed E-state index contributed by atoms with van der Waals surface area (Å²) in [6.45, 7) is 7.31. The van der Waals surface area contributed by atoms with Crippen molar-refractivity contribution < 1.29 is 0 Å². The van der Waals surface area contributed by atoms with Gasteiger partial charge in [0, 0.05) is 12.6 Å². The van der Waals surface area contributed by atoms with Crippen molar-refractivity contribution in [2.75, 3.05) is 6.54 Å². The van der Waals surface area contributed by atoms with Crippen LogP contribution in [0.3, 0.4) is 0 Å². The molecule has 1 atom stereocenters. The third-order valence-electron chi connectivity index (χ3n) is 2.34. The van der Waals surface area contributed by atoms with Crippen LogP contribution in [0.4, 0.5) is 0 Å². The molecule has 72 valence electrons. The maximum atomic E-state index is 5.91. The Balaban J connectivity index is 2.33. The second-order valence-electron chi connectivity index (χ2n) is 4.22. The van der Waals surface area contributed by atoms with Crippen LogP contribution in [-0.4, -0.2) is 29.0 Å². The van der Waals surface area contributed by atoms with E-state index in [1.807, 2.05) is 6.08 Å². The Labute approximate surface area is 83.5 Å². The molecule has 1 unspecified atom stereocenters. The van der Waals surface area contributed by atoms with E-state index in [-0.39, 0.29) is 11.7 Å². The third kappa shape index (κ3) is 1.53. The van der Waals surface area contributed by atoms with Gasteiger partial charge in [-0.25, -0.2) is 0 Å². The molecule has 0 bridgehead atoms. The largest absolute Gasteiger partial charge is 0.356 e. The van der Waals surface area contributed by atoms with Gasteiger partial charge in [-0.3, -0.25) is 4.99 Å². The summed E-state index contributed by atoms with van der Waals surface area (Å²) in [5.74, 6) is 1.00. The molecule has 2 aliphatic rings. The topological polar surface area (TPSA) is 27.6 Å². The van der Waals surface area contributed by atoms with Crippen molar-refractivity contribution in [3.8, 4) is 0 Å².